The van der Waals surface area contributed by atoms with Crippen LogP contribution in [-0.4, -0.2) is 38.0 Å². The minimum Gasteiger partial charge on any atom is -0.497 e. The van der Waals surface area contributed by atoms with Crippen LogP contribution >= 0.6 is 15.9 Å². The highest BCUT2D eigenvalue weighted by molar-refractivity contribution is 9.10. The molecule has 1 heterocycles. The Bertz CT molecular complexity index is 1400. The molecule has 1 N–H and O–H groups in total. The molecule has 0 radical (unpaired) electrons. The van der Waals surface area contributed by atoms with Gasteiger partial charge in [-0.05, 0) is 66.2 Å². The Labute approximate surface area is 214 Å². The summed E-state index contributed by atoms with van der Waals surface area (Å²) in [5.74, 6) is -1.31. The first-order valence-electron chi connectivity index (χ1n) is 10.5. The van der Waals surface area contributed by atoms with E-state index in [9.17, 15) is 19.2 Å². The minimum absolute atomic E-state index is 0.152. The van der Waals surface area contributed by atoms with Crippen molar-refractivity contribution in [1.82, 2.24) is 5.32 Å². The molecule has 0 spiro atoms. The van der Waals surface area contributed by atoms with E-state index in [-0.39, 0.29) is 22.8 Å². The highest BCUT2D eigenvalue weighted by Gasteiger charge is 2.36. The zero-order valence-corrected chi connectivity index (χ0v) is 20.7. The molecule has 1 aliphatic rings. The van der Waals surface area contributed by atoms with E-state index >= 15 is 0 Å². The smallest absolute Gasteiger partial charge is 0.343 e. The van der Waals surface area contributed by atoms with E-state index < -0.39 is 23.8 Å². The number of barbiturate groups is 1. The van der Waals surface area contributed by atoms with Crippen molar-refractivity contribution in [3.63, 3.8) is 0 Å². The van der Waals surface area contributed by atoms with E-state index in [1.807, 2.05) is 0 Å². The van der Waals surface area contributed by atoms with E-state index in [4.69, 9.17) is 14.2 Å². The van der Waals surface area contributed by atoms with Crippen molar-refractivity contribution in [3.05, 3.63) is 87.9 Å². The van der Waals surface area contributed by atoms with Crippen LogP contribution in [0.25, 0.3) is 6.08 Å². The van der Waals surface area contributed by atoms with E-state index in [1.165, 1.54) is 44.6 Å². The van der Waals surface area contributed by atoms with Crippen LogP contribution in [0, 0.1) is 0 Å². The summed E-state index contributed by atoms with van der Waals surface area (Å²) in [6.45, 7) is 0. The van der Waals surface area contributed by atoms with Crippen molar-refractivity contribution in [2.24, 2.45) is 0 Å². The molecule has 3 aromatic carbocycles. The molecule has 9 nitrogen and oxygen atoms in total. The molecule has 0 saturated carbocycles. The first kappa shape index (κ1) is 24.7. The molecule has 0 aliphatic carbocycles. The molecule has 0 bridgehead atoms. The van der Waals surface area contributed by atoms with Crippen LogP contribution in [0.2, 0.25) is 0 Å². The Morgan fingerprint density at radius 2 is 1.67 bits per heavy atom. The second kappa shape index (κ2) is 10.4. The van der Waals surface area contributed by atoms with Crippen LogP contribution in [0.3, 0.4) is 0 Å². The molecular formula is C26H19BrN2O7. The number of nitrogens with zero attached hydrogens (tertiary/aromatic N) is 1. The van der Waals surface area contributed by atoms with Crippen molar-refractivity contribution in [2.45, 2.75) is 0 Å². The standard InChI is InChI=1S/C26H19BrN2O7/c1-34-19-9-7-18(8-10-19)29-24(31)20(23(30)28-26(29)33)12-15-6-11-21(22(13-15)35-2)36-25(32)16-4-3-5-17(27)14-16/h3-14H,1-2H3,(H,28,30,33). The number of esters is 1. The Kier molecular flexibility index (Phi) is 7.16. The molecule has 1 fully saturated rings. The molecule has 36 heavy (non-hydrogen) atoms. The predicted molar refractivity (Wildman–Crippen MR) is 134 cm³/mol. The molecule has 1 aliphatic heterocycles. The van der Waals surface area contributed by atoms with Gasteiger partial charge in [0, 0.05) is 4.47 Å². The second-order valence-electron chi connectivity index (χ2n) is 7.47. The summed E-state index contributed by atoms with van der Waals surface area (Å²) in [7, 11) is 2.89. The van der Waals surface area contributed by atoms with E-state index in [2.05, 4.69) is 21.2 Å². The lowest BCUT2D eigenvalue weighted by Crippen LogP contribution is -2.54. The van der Waals surface area contributed by atoms with Gasteiger partial charge in [-0.3, -0.25) is 14.9 Å². The normalized spacial score (nSPS) is 14.5. The number of carbonyl (C=O) groups excluding carboxylic acids is 4. The Morgan fingerprint density at radius 3 is 2.33 bits per heavy atom. The number of imide groups is 2. The van der Waals surface area contributed by atoms with Gasteiger partial charge in [0.15, 0.2) is 11.5 Å². The summed E-state index contributed by atoms with van der Waals surface area (Å²) in [5, 5.41) is 2.17. The fourth-order valence-electron chi connectivity index (χ4n) is 3.42. The fraction of sp³-hybridized carbons (Fsp3) is 0.0769. The lowest BCUT2D eigenvalue weighted by molar-refractivity contribution is -0.122. The van der Waals surface area contributed by atoms with Crippen molar-refractivity contribution in [3.8, 4) is 17.2 Å². The molecule has 0 aromatic heterocycles. The van der Waals surface area contributed by atoms with Crippen molar-refractivity contribution in [1.29, 1.82) is 0 Å². The summed E-state index contributed by atoms with van der Waals surface area (Å²) < 4.78 is 16.6. The minimum atomic E-state index is -0.861. The lowest BCUT2D eigenvalue weighted by Gasteiger charge is -2.26. The van der Waals surface area contributed by atoms with Gasteiger partial charge in [-0.1, -0.05) is 28.1 Å². The highest BCUT2D eigenvalue weighted by Crippen LogP contribution is 2.31. The third kappa shape index (κ3) is 5.13. The SMILES string of the molecule is COc1ccc(N2C(=O)NC(=O)C(=Cc3ccc(OC(=O)c4cccc(Br)c4)c(OC)c3)C2=O)cc1. The molecule has 0 unspecified atom stereocenters. The van der Waals surface area contributed by atoms with Crippen molar-refractivity contribution < 1.29 is 33.4 Å². The van der Waals surface area contributed by atoms with Gasteiger partial charge in [0.25, 0.3) is 11.8 Å². The second-order valence-corrected chi connectivity index (χ2v) is 8.38. The van der Waals surface area contributed by atoms with Crippen LogP contribution in [0.1, 0.15) is 15.9 Å². The first-order valence-corrected chi connectivity index (χ1v) is 11.3. The van der Waals surface area contributed by atoms with Gasteiger partial charge < -0.3 is 14.2 Å². The maximum absolute atomic E-state index is 13.1. The number of nitrogens with one attached hydrogen (secondary N) is 1. The zero-order chi connectivity index (χ0) is 25.8. The number of methoxy groups -OCH3 is 2. The molecule has 4 rings (SSSR count). The van der Waals surface area contributed by atoms with Crippen LogP contribution in [0.15, 0.2) is 76.8 Å². The van der Waals surface area contributed by atoms with Gasteiger partial charge in [-0.25, -0.2) is 14.5 Å². The number of benzene rings is 3. The third-order valence-corrected chi connectivity index (χ3v) is 5.69. The lowest BCUT2D eigenvalue weighted by atomic mass is 10.1. The Hall–Kier alpha value is -4.44. The van der Waals surface area contributed by atoms with E-state index in [0.29, 0.717) is 16.9 Å². The van der Waals surface area contributed by atoms with Crippen LogP contribution in [0.4, 0.5) is 10.5 Å². The monoisotopic (exact) mass is 550 g/mol. The summed E-state index contributed by atoms with van der Waals surface area (Å²) in [6, 6.07) is 16.6. The molecule has 3 aromatic rings. The van der Waals surface area contributed by atoms with Gasteiger partial charge in [0.2, 0.25) is 0 Å². The predicted octanol–water partition coefficient (Wildman–Crippen LogP) is 4.35. The van der Waals surface area contributed by atoms with Crippen molar-refractivity contribution in [2.75, 3.05) is 19.1 Å². The number of hydrogen-bond acceptors (Lipinski definition) is 7. The Morgan fingerprint density at radius 1 is 0.917 bits per heavy atom. The fourth-order valence-corrected chi connectivity index (χ4v) is 3.82. The van der Waals surface area contributed by atoms with Crippen LogP contribution in [0.5, 0.6) is 17.2 Å². The molecule has 0 atom stereocenters. The summed E-state index contributed by atoms with van der Waals surface area (Å²) >= 11 is 3.31. The molecule has 182 valence electrons. The topological polar surface area (TPSA) is 111 Å². The average Bonchev–Trinajstić information content (AvgIpc) is 2.87. The van der Waals surface area contributed by atoms with Gasteiger partial charge in [0.05, 0.1) is 25.5 Å². The first-order chi connectivity index (χ1) is 17.3. The zero-order valence-electron chi connectivity index (χ0n) is 19.1. The summed E-state index contributed by atoms with van der Waals surface area (Å²) in [6.07, 6.45) is 1.32. The van der Waals surface area contributed by atoms with Crippen molar-refractivity contribution >= 4 is 51.5 Å². The number of ether oxygens (including phenoxy) is 3. The average molecular weight is 551 g/mol. The van der Waals surface area contributed by atoms with E-state index in [0.717, 1.165) is 9.37 Å². The number of halogens is 1. The number of urea groups is 1. The van der Waals surface area contributed by atoms with Gasteiger partial charge in [-0.2, -0.15) is 0 Å². The number of rotatable bonds is 6. The molecule has 10 heteroatoms. The molecule has 1 saturated heterocycles. The van der Waals surface area contributed by atoms with Gasteiger partial charge >= 0.3 is 12.0 Å². The molecule has 4 amide bonds. The number of anilines is 1. The maximum Gasteiger partial charge on any atom is 0.343 e. The number of hydrogen-bond donors (Lipinski definition) is 1. The maximum atomic E-state index is 13.1. The largest absolute Gasteiger partial charge is 0.497 e. The summed E-state index contributed by atoms with van der Waals surface area (Å²) in [4.78, 5) is 51.3. The number of carbonyl (C=O) groups is 4. The van der Waals surface area contributed by atoms with Gasteiger partial charge in [-0.15, -0.1) is 0 Å². The third-order valence-electron chi connectivity index (χ3n) is 5.19. The quantitative estimate of drug-likeness (QED) is 0.210. The van der Waals surface area contributed by atoms with Crippen LogP contribution in [-0.2, 0) is 9.59 Å². The highest BCUT2D eigenvalue weighted by atomic mass is 79.9. The van der Waals surface area contributed by atoms with E-state index in [1.54, 1.807) is 42.5 Å². The number of amides is 4. The van der Waals surface area contributed by atoms with Crippen LogP contribution < -0.4 is 24.4 Å². The summed E-state index contributed by atoms with van der Waals surface area (Å²) in [5.41, 5.74) is 0.762. The Balaban J connectivity index is 1.61. The van der Waals surface area contributed by atoms with Gasteiger partial charge in [0.1, 0.15) is 11.3 Å². The molecular weight excluding hydrogens is 532 g/mol.